The summed E-state index contributed by atoms with van der Waals surface area (Å²) in [6.07, 6.45) is -0.822. The van der Waals surface area contributed by atoms with E-state index < -0.39 is 18.1 Å². The molecule has 0 bridgehead atoms. The maximum Gasteiger partial charge on any atom is 0.326 e. The fourth-order valence-electron chi connectivity index (χ4n) is 2.57. The number of carbonyl (C=O) groups excluding carboxylic acids is 1. The van der Waals surface area contributed by atoms with Gasteiger partial charge in [-0.15, -0.1) is 0 Å². The van der Waals surface area contributed by atoms with E-state index in [0.717, 1.165) is 5.56 Å². The van der Waals surface area contributed by atoms with Gasteiger partial charge in [-0.1, -0.05) is 60.7 Å². The first kappa shape index (κ1) is 18.7. The molecule has 0 saturated carbocycles. The van der Waals surface area contributed by atoms with Crippen LogP contribution in [0.5, 0.6) is 0 Å². The molecule has 5 heteroatoms. The smallest absolute Gasteiger partial charge is 0.326 e. The van der Waals surface area contributed by atoms with Crippen LogP contribution < -0.4 is 0 Å². The van der Waals surface area contributed by atoms with Crippen molar-refractivity contribution in [1.29, 1.82) is 0 Å². The monoisotopic (exact) mass is 341 g/mol. The summed E-state index contributed by atoms with van der Waals surface area (Å²) in [5, 5.41) is 9.43. The van der Waals surface area contributed by atoms with Crippen LogP contribution in [0.4, 0.5) is 0 Å². The molecule has 0 aromatic heterocycles. The van der Waals surface area contributed by atoms with E-state index in [9.17, 15) is 14.7 Å². The minimum absolute atomic E-state index is 0.212. The van der Waals surface area contributed by atoms with Crippen molar-refractivity contribution in [2.75, 3.05) is 6.61 Å². The van der Waals surface area contributed by atoms with Gasteiger partial charge in [-0.3, -0.25) is 4.79 Å². The van der Waals surface area contributed by atoms with E-state index in [4.69, 9.17) is 4.74 Å². The van der Waals surface area contributed by atoms with Gasteiger partial charge in [0.15, 0.2) is 6.10 Å². The zero-order chi connectivity index (χ0) is 18.2. The Labute approximate surface area is 147 Å². The molecule has 0 heterocycles. The zero-order valence-electron chi connectivity index (χ0n) is 14.5. The lowest BCUT2D eigenvalue weighted by Gasteiger charge is -2.30. The van der Waals surface area contributed by atoms with E-state index in [-0.39, 0.29) is 12.5 Å². The minimum atomic E-state index is -1.05. The van der Waals surface area contributed by atoms with Crippen molar-refractivity contribution in [2.24, 2.45) is 0 Å². The lowest BCUT2D eigenvalue weighted by Crippen LogP contribution is -2.45. The number of aliphatic carboxylic acids is 1. The second kappa shape index (κ2) is 8.99. The highest BCUT2D eigenvalue weighted by Gasteiger charge is 2.32. The number of benzene rings is 2. The number of hydrogen-bond donors (Lipinski definition) is 1. The Morgan fingerprint density at radius 3 is 2.12 bits per heavy atom. The van der Waals surface area contributed by atoms with E-state index >= 15 is 0 Å². The molecule has 2 aromatic carbocycles. The molecule has 2 aromatic rings. The first-order valence-electron chi connectivity index (χ1n) is 8.28. The summed E-state index contributed by atoms with van der Waals surface area (Å²) < 4.78 is 5.65. The highest BCUT2D eigenvalue weighted by atomic mass is 16.5. The van der Waals surface area contributed by atoms with Gasteiger partial charge in [-0.25, -0.2) is 4.79 Å². The van der Waals surface area contributed by atoms with Crippen LogP contribution in [-0.4, -0.2) is 34.5 Å². The predicted octanol–water partition coefficient (Wildman–Crippen LogP) is 3.27. The molecule has 0 fully saturated rings. The van der Waals surface area contributed by atoms with Crippen LogP contribution in [0.1, 0.15) is 31.1 Å². The topological polar surface area (TPSA) is 66.8 Å². The van der Waals surface area contributed by atoms with Gasteiger partial charge in [-0.2, -0.15) is 0 Å². The van der Waals surface area contributed by atoms with E-state index in [0.29, 0.717) is 12.2 Å². The average Bonchev–Trinajstić information content (AvgIpc) is 2.64. The van der Waals surface area contributed by atoms with Crippen molar-refractivity contribution >= 4 is 11.9 Å². The maximum absolute atomic E-state index is 13.1. The molecule has 0 saturated heterocycles. The number of nitrogens with zero attached hydrogens (tertiary/aromatic N) is 1. The second-order valence-corrected chi connectivity index (χ2v) is 5.71. The third kappa shape index (κ3) is 4.90. The lowest BCUT2D eigenvalue weighted by molar-refractivity contribution is -0.156. The molecule has 2 unspecified atom stereocenters. The van der Waals surface area contributed by atoms with E-state index in [2.05, 4.69) is 0 Å². The molecule has 2 atom stereocenters. The third-order valence-corrected chi connectivity index (χ3v) is 3.96. The van der Waals surface area contributed by atoms with Crippen molar-refractivity contribution < 1.29 is 19.4 Å². The fraction of sp³-hybridized carbons (Fsp3) is 0.300. The van der Waals surface area contributed by atoms with E-state index in [1.807, 2.05) is 67.6 Å². The number of amides is 1. The van der Waals surface area contributed by atoms with Crippen molar-refractivity contribution in [3.8, 4) is 0 Å². The van der Waals surface area contributed by atoms with Crippen molar-refractivity contribution in [3.63, 3.8) is 0 Å². The molecular weight excluding hydrogens is 318 g/mol. The van der Waals surface area contributed by atoms with Gasteiger partial charge in [-0.05, 0) is 25.0 Å². The second-order valence-electron chi connectivity index (χ2n) is 5.71. The van der Waals surface area contributed by atoms with Gasteiger partial charge in [0.2, 0.25) is 0 Å². The lowest BCUT2D eigenvalue weighted by atomic mass is 10.1. The molecule has 0 spiro atoms. The quantitative estimate of drug-likeness (QED) is 0.800. The van der Waals surface area contributed by atoms with Crippen LogP contribution >= 0.6 is 0 Å². The molecule has 2 rings (SSSR count). The van der Waals surface area contributed by atoms with E-state index in [1.54, 1.807) is 0 Å². The third-order valence-electron chi connectivity index (χ3n) is 3.96. The normalized spacial score (nSPS) is 13.0. The van der Waals surface area contributed by atoms with Crippen LogP contribution in [0.15, 0.2) is 60.7 Å². The summed E-state index contributed by atoms with van der Waals surface area (Å²) in [4.78, 5) is 26.0. The van der Waals surface area contributed by atoms with Gasteiger partial charge >= 0.3 is 5.97 Å². The van der Waals surface area contributed by atoms with Crippen molar-refractivity contribution in [3.05, 3.63) is 71.8 Å². The molecule has 0 aliphatic heterocycles. The van der Waals surface area contributed by atoms with Crippen LogP contribution in [-0.2, 0) is 20.9 Å². The Hall–Kier alpha value is -2.66. The average molecular weight is 341 g/mol. The van der Waals surface area contributed by atoms with Crippen molar-refractivity contribution in [1.82, 2.24) is 4.90 Å². The molecule has 25 heavy (non-hydrogen) atoms. The Balaban J connectivity index is 2.33. The summed E-state index contributed by atoms with van der Waals surface area (Å²) in [5.74, 6) is -1.40. The highest BCUT2D eigenvalue weighted by molar-refractivity contribution is 5.87. The SMILES string of the molecule is CCOC(C(=O)N(Cc1ccccc1)C(C)C(=O)O)c1ccccc1. The van der Waals surface area contributed by atoms with Crippen LogP contribution in [0.2, 0.25) is 0 Å². The standard InChI is InChI=1S/C20H23NO4/c1-3-25-18(17-12-8-5-9-13-17)19(22)21(15(2)20(23)24)14-16-10-6-4-7-11-16/h4-13,15,18H,3,14H2,1-2H3,(H,23,24). The molecule has 1 N–H and O–H groups in total. The molecule has 0 radical (unpaired) electrons. The number of rotatable bonds is 8. The molecular formula is C20H23NO4. The summed E-state index contributed by atoms with van der Waals surface area (Å²) in [6, 6.07) is 17.5. The van der Waals surface area contributed by atoms with Crippen molar-refractivity contribution in [2.45, 2.75) is 32.5 Å². The summed E-state index contributed by atoms with van der Waals surface area (Å²) in [5.41, 5.74) is 1.58. The van der Waals surface area contributed by atoms with Gasteiger partial charge in [0, 0.05) is 13.2 Å². The molecule has 5 nitrogen and oxygen atoms in total. The van der Waals surface area contributed by atoms with Crippen LogP contribution in [0, 0.1) is 0 Å². The molecule has 132 valence electrons. The van der Waals surface area contributed by atoms with Crippen LogP contribution in [0.3, 0.4) is 0 Å². The summed E-state index contributed by atoms with van der Waals surface area (Å²) >= 11 is 0. The molecule has 1 amide bonds. The largest absolute Gasteiger partial charge is 0.480 e. The highest BCUT2D eigenvalue weighted by Crippen LogP contribution is 2.23. The first-order chi connectivity index (χ1) is 12.0. The number of ether oxygens (including phenoxy) is 1. The Bertz CT molecular complexity index is 687. The summed E-state index contributed by atoms with van der Waals surface area (Å²) in [7, 11) is 0. The Kier molecular flexibility index (Phi) is 6.71. The number of carboxylic acids is 1. The molecule has 0 aliphatic rings. The number of carbonyl (C=O) groups is 2. The first-order valence-corrected chi connectivity index (χ1v) is 8.28. The van der Waals surface area contributed by atoms with Gasteiger partial charge < -0.3 is 14.7 Å². The van der Waals surface area contributed by atoms with Gasteiger partial charge in [0.1, 0.15) is 6.04 Å². The van der Waals surface area contributed by atoms with E-state index in [1.165, 1.54) is 11.8 Å². The summed E-state index contributed by atoms with van der Waals surface area (Å²) in [6.45, 7) is 3.89. The number of hydrogen-bond acceptors (Lipinski definition) is 3. The Morgan fingerprint density at radius 2 is 1.60 bits per heavy atom. The minimum Gasteiger partial charge on any atom is -0.480 e. The van der Waals surface area contributed by atoms with Crippen LogP contribution in [0.25, 0.3) is 0 Å². The predicted molar refractivity (Wildman–Crippen MR) is 94.9 cm³/mol. The fourth-order valence-corrected chi connectivity index (χ4v) is 2.57. The van der Waals surface area contributed by atoms with Gasteiger partial charge in [0.05, 0.1) is 0 Å². The maximum atomic E-state index is 13.1. The zero-order valence-corrected chi connectivity index (χ0v) is 14.5. The van der Waals surface area contributed by atoms with Gasteiger partial charge in [0.25, 0.3) is 5.91 Å². The number of carboxylic acid groups (broad SMARTS) is 1. The molecule has 0 aliphatic carbocycles. The Morgan fingerprint density at radius 1 is 1.04 bits per heavy atom.